The number of alkyl halides is 3. The first kappa shape index (κ1) is 11.1. The lowest BCUT2D eigenvalue weighted by Crippen LogP contribution is -1.98. The molecule has 0 heterocycles. The van der Waals surface area contributed by atoms with E-state index in [0.717, 1.165) is 5.56 Å². The van der Waals surface area contributed by atoms with Crippen LogP contribution >= 0.6 is 11.8 Å². The van der Waals surface area contributed by atoms with Crippen LogP contribution in [0.3, 0.4) is 0 Å². The van der Waals surface area contributed by atoms with Gasteiger partial charge in [0.05, 0.1) is 0 Å². The maximum atomic E-state index is 11.9. The third-order valence-corrected chi connectivity index (χ3v) is 2.23. The lowest BCUT2D eigenvalue weighted by atomic mass is 10.2. The molecule has 0 bridgehead atoms. The Hall–Kier alpha value is -0.970. The average Bonchev–Trinajstić information content (AvgIpc) is 2.06. The minimum atomic E-state index is -4.23. The van der Waals surface area contributed by atoms with Gasteiger partial charge in [0, 0.05) is 11.3 Å². The number of halogens is 3. The molecule has 0 aliphatic rings. The van der Waals surface area contributed by atoms with Crippen LogP contribution in [-0.4, -0.2) is 11.7 Å². The van der Waals surface area contributed by atoms with Crippen LogP contribution in [0.2, 0.25) is 0 Å². The molecule has 0 unspecified atom stereocenters. The fourth-order valence-corrected chi connectivity index (χ4v) is 1.48. The molecule has 0 aliphatic heterocycles. The fourth-order valence-electron chi connectivity index (χ4n) is 0.945. The highest BCUT2D eigenvalue weighted by atomic mass is 32.2. The van der Waals surface area contributed by atoms with Crippen molar-refractivity contribution in [3.8, 4) is 0 Å². The number of nitrogens with one attached hydrogen (secondary N) is 1. The van der Waals surface area contributed by atoms with Gasteiger partial charge in [0.1, 0.15) is 0 Å². The van der Waals surface area contributed by atoms with E-state index in [9.17, 15) is 13.2 Å². The van der Waals surface area contributed by atoms with Crippen LogP contribution in [0.4, 0.5) is 13.2 Å². The van der Waals surface area contributed by atoms with E-state index in [0.29, 0.717) is 6.42 Å². The molecule has 0 atom stereocenters. The molecule has 0 fully saturated rings. The maximum absolute atomic E-state index is 11.9. The Morgan fingerprint density at radius 1 is 1.21 bits per heavy atom. The van der Waals surface area contributed by atoms with Crippen molar-refractivity contribution >= 4 is 18.0 Å². The van der Waals surface area contributed by atoms with Crippen LogP contribution in [0, 0.1) is 5.41 Å². The van der Waals surface area contributed by atoms with Crippen molar-refractivity contribution < 1.29 is 13.2 Å². The maximum Gasteiger partial charge on any atom is 0.446 e. The summed E-state index contributed by atoms with van der Waals surface area (Å²) < 4.78 is 35.8. The molecule has 0 amide bonds. The number of rotatable bonds is 3. The predicted molar refractivity (Wildman–Crippen MR) is 50.8 cm³/mol. The molecule has 0 radical (unpaired) electrons. The Labute approximate surface area is 83.8 Å². The van der Waals surface area contributed by atoms with Crippen molar-refractivity contribution in [2.45, 2.75) is 16.8 Å². The van der Waals surface area contributed by atoms with E-state index in [1.165, 1.54) is 18.3 Å². The van der Waals surface area contributed by atoms with Gasteiger partial charge in [-0.05, 0) is 35.7 Å². The van der Waals surface area contributed by atoms with Gasteiger partial charge >= 0.3 is 5.51 Å². The van der Waals surface area contributed by atoms with Crippen molar-refractivity contribution in [2.24, 2.45) is 0 Å². The SMILES string of the molecule is N=CCc1ccc(SC(F)(F)F)cc1. The van der Waals surface area contributed by atoms with Gasteiger partial charge in [-0.25, -0.2) is 0 Å². The van der Waals surface area contributed by atoms with Gasteiger partial charge in [-0.15, -0.1) is 0 Å². The predicted octanol–water partition coefficient (Wildman–Crippen LogP) is 3.49. The molecule has 0 spiro atoms. The molecule has 14 heavy (non-hydrogen) atoms. The van der Waals surface area contributed by atoms with Crippen molar-refractivity contribution in [3.05, 3.63) is 29.8 Å². The van der Waals surface area contributed by atoms with Crippen LogP contribution < -0.4 is 0 Å². The molecular formula is C9H8F3NS. The van der Waals surface area contributed by atoms with E-state index in [4.69, 9.17) is 5.41 Å². The van der Waals surface area contributed by atoms with Crippen LogP contribution in [-0.2, 0) is 6.42 Å². The smallest absolute Gasteiger partial charge is 0.313 e. The summed E-state index contributed by atoms with van der Waals surface area (Å²) in [5.74, 6) is 0. The van der Waals surface area contributed by atoms with E-state index < -0.39 is 5.51 Å². The van der Waals surface area contributed by atoms with Crippen molar-refractivity contribution in [3.63, 3.8) is 0 Å². The van der Waals surface area contributed by atoms with E-state index in [1.54, 1.807) is 12.1 Å². The first-order valence-electron chi connectivity index (χ1n) is 3.85. The van der Waals surface area contributed by atoms with Gasteiger partial charge in [-0.1, -0.05) is 12.1 Å². The molecule has 1 rings (SSSR count). The van der Waals surface area contributed by atoms with Crippen molar-refractivity contribution in [1.29, 1.82) is 5.41 Å². The molecule has 0 aliphatic carbocycles. The Balaban J connectivity index is 2.68. The highest BCUT2D eigenvalue weighted by Crippen LogP contribution is 2.36. The average molecular weight is 219 g/mol. The highest BCUT2D eigenvalue weighted by Gasteiger charge is 2.28. The summed E-state index contributed by atoms with van der Waals surface area (Å²) in [4.78, 5) is 0.172. The van der Waals surface area contributed by atoms with Gasteiger partial charge < -0.3 is 5.41 Å². The highest BCUT2D eigenvalue weighted by molar-refractivity contribution is 8.00. The second-order valence-corrected chi connectivity index (χ2v) is 3.74. The fraction of sp³-hybridized carbons (Fsp3) is 0.222. The van der Waals surface area contributed by atoms with Crippen molar-refractivity contribution in [1.82, 2.24) is 0 Å². The second-order valence-electron chi connectivity index (χ2n) is 2.60. The van der Waals surface area contributed by atoms with Crippen molar-refractivity contribution in [2.75, 3.05) is 0 Å². The quantitative estimate of drug-likeness (QED) is 0.610. The molecule has 0 saturated heterocycles. The number of hydrogen-bond acceptors (Lipinski definition) is 2. The minimum absolute atomic E-state index is 0.130. The molecule has 1 aromatic carbocycles. The normalized spacial score (nSPS) is 11.4. The largest absolute Gasteiger partial charge is 0.446 e. The molecule has 0 saturated carbocycles. The summed E-state index contributed by atoms with van der Waals surface area (Å²) in [6, 6.07) is 6.02. The van der Waals surface area contributed by atoms with Crippen LogP contribution in [0.25, 0.3) is 0 Å². The molecular weight excluding hydrogens is 211 g/mol. The standard InChI is InChI=1S/C9H8F3NS/c10-9(11,12)14-8-3-1-7(2-4-8)5-6-13/h1-4,6,13H,5H2. The zero-order chi connectivity index (χ0) is 10.6. The summed E-state index contributed by atoms with van der Waals surface area (Å²) in [5.41, 5.74) is -3.39. The molecule has 1 aromatic rings. The molecule has 0 aromatic heterocycles. The summed E-state index contributed by atoms with van der Waals surface area (Å²) in [7, 11) is 0. The van der Waals surface area contributed by atoms with E-state index in [2.05, 4.69) is 0 Å². The number of benzene rings is 1. The van der Waals surface area contributed by atoms with Gasteiger partial charge in [0.25, 0.3) is 0 Å². The summed E-state index contributed by atoms with van der Waals surface area (Å²) >= 11 is -0.130. The second kappa shape index (κ2) is 4.50. The Bertz CT molecular complexity index is 305. The minimum Gasteiger partial charge on any atom is -0.313 e. The lowest BCUT2D eigenvalue weighted by Gasteiger charge is -2.05. The first-order chi connectivity index (χ1) is 6.51. The third kappa shape index (κ3) is 3.83. The summed E-state index contributed by atoms with van der Waals surface area (Å²) in [6.45, 7) is 0. The van der Waals surface area contributed by atoms with Crippen LogP contribution in [0.5, 0.6) is 0 Å². The topological polar surface area (TPSA) is 23.9 Å². The Morgan fingerprint density at radius 3 is 2.21 bits per heavy atom. The van der Waals surface area contributed by atoms with E-state index >= 15 is 0 Å². The van der Waals surface area contributed by atoms with Crippen LogP contribution in [0.1, 0.15) is 5.56 Å². The van der Waals surface area contributed by atoms with Gasteiger partial charge in [-0.2, -0.15) is 13.2 Å². The monoisotopic (exact) mass is 219 g/mol. The zero-order valence-corrected chi connectivity index (χ0v) is 7.95. The molecule has 5 heteroatoms. The van der Waals surface area contributed by atoms with E-state index in [1.807, 2.05) is 0 Å². The molecule has 1 N–H and O–H groups in total. The Morgan fingerprint density at radius 2 is 1.79 bits per heavy atom. The zero-order valence-electron chi connectivity index (χ0n) is 7.14. The molecule has 1 nitrogen and oxygen atoms in total. The summed E-state index contributed by atoms with van der Waals surface area (Å²) in [5, 5.41) is 6.83. The number of thioether (sulfide) groups is 1. The first-order valence-corrected chi connectivity index (χ1v) is 4.66. The lowest BCUT2D eigenvalue weighted by molar-refractivity contribution is -0.0328. The van der Waals surface area contributed by atoms with Gasteiger partial charge in [0.15, 0.2) is 0 Å². The third-order valence-electron chi connectivity index (χ3n) is 1.49. The van der Waals surface area contributed by atoms with Gasteiger partial charge in [0.2, 0.25) is 0 Å². The van der Waals surface area contributed by atoms with Gasteiger partial charge in [-0.3, -0.25) is 0 Å². The summed E-state index contributed by atoms with van der Waals surface area (Å²) in [6.07, 6.45) is 1.67. The molecule has 76 valence electrons. The number of hydrogen-bond donors (Lipinski definition) is 1. The Kier molecular flexibility index (Phi) is 3.57. The van der Waals surface area contributed by atoms with Crippen LogP contribution in [0.15, 0.2) is 29.2 Å². The van der Waals surface area contributed by atoms with E-state index in [-0.39, 0.29) is 16.7 Å².